The summed E-state index contributed by atoms with van der Waals surface area (Å²) in [6.45, 7) is 2.44. The van der Waals surface area contributed by atoms with Gasteiger partial charge in [-0.3, -0.25) is 4.79 Å². The number of esters is 1. The molecule has 3 rings (SSSR count). The molecule has 0 radical (unpaired) electrons. The van der Waals surface area contributed by atoms with E-state index in [0.29, 0.717) is 18.8 Å². The normalized spacial score (nSPS) is 11.4. The van der Waals surface area contributed by atoms with Crippen molar-refractivity contribution in [3.8, 4) is 5.75 Å². The van der Waals surface area contributed by atoms with Gasteiger partial charge >= 0.3 is 5.97 Å². The van der Waals surface area contributed by atoms with Crippen LogP contribution in [0.5, 0.6) is 5.75 Å². The summed E-state index contributed by atoms with van der Waals surface area (Å²) >= 11 is 0. The molecule has 1 amide bonds. The standard InChI is InChI=1S/C25H25NO4/c1-19(30-25(28)22-15-9-10-16-23(22)29-2)24(27)26(17-20-11-5-3-6-12-20)18-21-13-7-4-8-14-21/h3-16,19H,17-18H2,1-2H3. The van der Waals surface area contributed by atoms with Crippen molar-refractivity contribution in [2.45, 2.75) is 26.1 Å². The van der Waals surface area contributed by atoms with Crippen LogP contribution in [0.3, 0.4) is 0 Å². The summed E-state index contributed by atoms with van der Waals surface area (Å²) in [5, 5.41) is 0. The molecule has 0 heterocycles. The summed E-state index contributed by atoms with van der Waals surface area (Å²) < 4.78 is 10.7. The van der Waals surface area contributed by atoms with Crippen molar-refractivity contribution in [3.05, 3.63) is 102 Å². The zero-order chi connectivity index (χ0) is 21.3. The lowest BCUT2D eigenvalue weighted by Gasteiger charge is -2.26. The Morgan fingerprint density at radius 1 is 0.800 bits per heavy atom. The fourth-order valence-corrected chi connectivity index (χ4v) is 3.16. The summed E-state index contributed by atoms with van der Waals surface area (Å²) in [6.07, 6.45) is -0.935. The molecule has 0 saturated heterocycles. The molecule has 3 aromatic carbocycles. The molecule has 0 aliphatic heterocycles. The van der Waals surface area contributed by atoms with Crippen molar-refractivity contribution in [2.75, 3.05) is 7.11 Å². The van der Waals surface area contributed by atoms with Crippen LogP contribution in [0.25, 0.3) is 0 Å². The van der Waals surface area contributed by atoms with E-state index in [1.54, 1.807) is 36.1 Å². The van der Waals surface area contributed by atoms with Gasteiger partial charge in [-0.2, -0.15) is 0 Å². The third kappa shape index (κ3) is 5.47. The fraction of sp³-hybridized carbons (Fsp3) is 0.200. The first kappa shape index (κ1) is 21.1. The lowest BCUT2D eigenvalue weighted by atomic mass is 10.1. The number of carbonyl (C=O) groups excluding carboxylic acids is 2. The van der Waals surface area contributed by atoms with Crippen molar-refractivity contribution in [1.82, 2.24) is 4.90 Å². The molecule has 1 unspecified atom stereocenters. The van der Waals surface area contributed by atoms with Crippen LogP contribution in [0.1, 0.15) is 28.4 Å². The Balaban J connectivity index is 1.76. The van der Waals surface area contributed by atoms with Gasteiger partial charge in [-0.15, -0.1) is 0 Å². The minimum absolute atomic E-state index is 0.258. The predicted octanol–water partition coefficient (Wildman–Crippen LogP) is 4.47. The monoisotopic (exact) mass is 403 g/mol. The highest BCUT2D eigenvalue weighted by Gasteiger charge is 2.26. The first-order valence-electron chi connectivity index (χ1n) is 9.79. The van der Waals surface area contributed by atoms with Crippen LogP contribution in [0.4, 0.5) is 0 Å². The zero-order valence-corrected chi connectivity index (χ0v) is 17.2. The minimum atomic E-state index is -0.935. The van der Waals surface area contributed by atoms with Crippen molar-refractivity contribution in [2.24, 2.45) is 0 Å². The van der Waals surface area contributed by atoms with Gasteiger partial charge in [0.25, 0.3) is 5.91 Å². The Kier molecular flexibility index (Phi) is 7.22. The summed E-state index contributed by atoms with van der Waals surface area (Å²) in [4.78, 5) is 27.5. The lowest BCUT2D eigenvalue weighted by Crippen LogP contribution is -2.39. The first-order valence-corrected chi connectivity index (χ1v) is 9.79. The second-order valence-electron chi connectivity index (χ2n) is 6.91. The number of carbonyl (C=O) groups is 2. The summed E-state index contributed by atoms with van der Waals surface area (Å²) in [6, 6.07) is 26.3. The zero-order valence-electron chi connectivity index (χ0n) is 17.2. The van der Waals surface area contributed by atoms with Crippen LogP contribution in [0, 0.1) is 0 Å². The van der Waals surface area contributed by atoms with E-state index in [4.69, 9.17) is 9.47 Å². The average Bonchev–Trinajstić information content (AvgIpc) is 2.79. The van der Waals surface area contributed by atoms with E-state index in [1.807, 2.05) is 60.7 Å². The molecule has 0 aliphatic carbocycles. The quantitative estimate of drug-likeness (QED) is 0.521. The van der Waals surface area contributed by atoms with Gasteiger partial charge in [0.1, 0.15) is 11.3 Å². The van der Waals surface area contributed by atoms with Gasteiger partial charge < -0.3 is 14.4 Å². The van der Waals surface area contributed by atoms with Crippen molar-refractivity contribution < 1.29 is 19.1 Å². The molecule has 0 saturated carbocycles. The molecule has 5 heteroatoms. The average molecular weight is 403 g/mol. The minimum Gasteiger partial charge on any atom is -0.496 e. The lowest BCUT2D eigenvalue weighted by molar-refractivity contribution is -0.141. The molecular formula is C25H25NO4. The van der Waals surface area contributed by atoms with Crippen molar-refractivity contribution in [3.63, 3.8) is 0 Å². The highest BCUT2D eigenvalue weighted by molar-refractivity contribution is 5.94. The molecule has 0 aromatic heterocycles. The molecule has 1 atom stereocenters. The highest BCUT2D eigenvalue weighted by Crippen LogP contribution is 2.20. The van der Waals surface area contributed by atoms with Crippen LogP contribution >= 0.6 is 0 Å². The molecule has 0 fully saturated rings. The Labute approximate surface area is 176 Å². The number of benzene rings is 3. The number of nitrogens with zero attached hydrogens (tertiary/aromatic N) is 1. The number of ether oxygens (including phenoxy) is 2. The number of methoxy groups -OCH3 is 1. The van der Waals surface area contributed by atoms with Crippen molar-refractivity contribution >= 4 is 11.9 Å². The summed E-state index contributed by atoms with van der Waals surface area (Å²) in [7, 11) is 1.49. The largest absolute Gasteiger partial charge is 0.496 e. The molecule has 0 N–H and O–H groups in total. The summed E-state index contributed by atoms with van der Waals surface area (Å²) in [5.74, 6) is -0.439. The van der Waals surface area contributed by atoms with Crippen LogP contribution in [-0.4, -0.2) is 30.0 Å². The van der Waals surface area contributed by atoms with Crippen LogP contribution in [0.2, 0.25) is 0 Å². The maximum atomic E-state index is 13.2. The van der Waals surface area contributed by atoms with Crippen molar-refractivity contribution in [1.29, 1.82) is 0 Å². The van der Waals surface area contributed by atoms with E-state index >= 15 is 0 Å². The van der Waals surface area contributed by atoms with Gasteiger partial charge in [-0.1, -0.05) is 72.8 Å². The Morgan fingerprint density at radius 2 is 1.30 bits per heavy atom. The van der Waals surface area contributed by atoms with E-state index in [2.05, 4.69) is 0 Å². The first-order chi connectivity index (χ1) is 14.6. The number of para-hydroxylation sites is 1. The van der Waals surface area contributed by atoms with Crippen LogP contribution in [-0.2, 0) is 22.6 Å². The maximum absolute atomic E-state index is 13.2. The van der Waals surface area contributed by atoms with Crippen LogP contribution < -0.4 is 4.74 Å². The molecule has 30 heavy (non-hydrogen) atoms. The van der Waals surface area contributed by atoms with E-state index in [0.717, 1.165) is 11.1 Å². The molecule has 0 aliphatic rings. The van der Waals surface area contributed by atoms with Crippen LogP contribution in [0.15, 0.2) is 84.9 Å². The SMILES string of the molecule is COc1ccccc1C(=O)OC(C)C(=O)N(Cc1ccccc1)Cc1ccccc1. The molecular weight excluding hydrogens is 378 g/mol. The smallest absolute Gasteiger partial charge is 0.342 e. The van der Waals surface area contributed by atoms with E-state index in [9.17, 15) is 9.59 Å². The third-order valence-electron chi connectivity index (χ3n) is 4.70. The Bertz CT molecular complexity index is 931. The fourth-order valence-electron chi connectivity index (χ4n) is 3.16. The molecule has 5 nitrogen and oxygen atoms in total. The molecule has 154 valence electrons. The molecule has 0 spiro atoms. The predicted molar refractivity (Wildman–Crippen MR) is 115 cm³/mol. The van der Waals surface area contributed by atoms with Gasteiger partial charge in [0, 0.05) is 13.1 Å². The van der Waals surface area contributed by atoms with E-state index in [-0.39, 0.29) is 11.5 Å². The molecule has 0 bridgehead atoms. The third-order valence-corrected chi connectivity index (χ3v) is 4.70. The number of rotatable bonds is 8. The van der Waals surface area contributed by atoms with E-state index < -0.39 is 12.1 Å². The Hall–Kier alpha value is -3.60. The molecule has 3 aromatic rings. The topological polar surface area (TPSA) is 55.8 Å². The second-order valence-corrected chi connectivity index (χ2v) is 6.91. The number of amides is 1. The van der Waals surface area contributed by atoms with E-state index in [1.165, 1.54) is 7.11 Å². The number of hydrogen-bond acceptors (Lipinski definition) is 4. The number of hydrogen-bond donors (Lipinski definition) is 0. The Morgan fingerprint density at radius 3 is 1.83 bits per heavy atom. The summed E-state index contributed by atoms with van der Waals surface area (Å²) in [5.41, 5.74) is 2.30. The maximum Gasteiger partial charge on any atom is 0.342 e. The highest BCUT2D eigenvalue weighted by atomic mass is 16.5. The van der Waals surface area contributed by atoms with Gasteiger partial charge in [0.2, 0.25) is 0 Å². The van der Waals surface area contributed by atoms with Gasteiger partial charge in [-0.05, 0) is 30.2 Å². The second kappa shape index (κ2) is 10.3. The van der Waals surface area contributed by atoms with Gasteiger partial charge in [0.05, 0.1) is 7.11 Å². The van der Waals surface area contributed by atoms with Gasteiger partial charge in [-0.25, -0.2) is 4.79 Å². The van der Waals surface area contributed by atoms with Gasteiger partial charge in [0.15, 0.2) is 6.10 Å².